The summed E-state index contributed by atoms with van der Waals surface area (Å²) in [7, 11) is 0. The summed E-state index contributed by atoms with van der Waals surface area (Å²) in [5.41, 5.74) is 0.677. The van der Waals surface area contributed by atoms with Crippen molar-refractivity contribution in [1.82, 2.24) is 0 Å². The van der Waals surface area contributed by atoms with Gasteiger partial charge in [0.25, 0.3) is 0 Å². The van der Waals surface area contributed by atoms with Gasteiger partial charge in [0.2, 0.25) is 0 Å². The van der Waals surface area contributed by atoms with Crippen LogP contribution in [0, 0.1) is 17.1 Å². The molecule has 3 nitrogen and oxygen atoms in total. The Labute approximate surface area is 107 Å². The topological polar surface area (TPSA) is 45.0 Å². The summed E-state index contributed by atoms with van der Waals surface area (Å²) in [5, 5.41) is 12.2. The molecule has 1 aromatic carbocycles. The van der Waals surface area contributed by atoms with Crippen molar-refractivity contribution in [3.8, 4) is 6.07 Å². The van der Waals surface area contributed by atoms with Crippen molar-refractivity contribution in [1.29, 1.82) is 5.26 Å². The number of nitriles is 1. The lowest BCUT2D eigenvalue weighted by Gasteiger charge is -2.30. The zero-order chi connectivity index (χ0) is 13.0. The summed E-state index contributed by atoms with van der Waals surface area (Å²) in [6.07, 6.45) is 3.03. The van der Waals surface area contributed by atoms with Crippen LogP contribution in [0.15, 0.2) is 18.2 Å². The quantitative estimate of drug-likeness (QED) is 0.894. The summed E-state index contributed by atoms with van der Waals surface area (Å²) < 4.78 is 19.1. The number of anilines is 1. The number of nitrogens with one attached hydrogen (secondary N) is 1. The number of ether oxygens (including phenoxy) is 1. The van der Waals surface area contributed by atoms with E-state index in [4.69, 9.17) is 10.00 Å². The largest absolute Gasteiger partial charge is 0.381 e. The van der Waals surface area contributed by atoms with Gasteiger partial charge in [0.05, 0.1) is 11.8 Å². The van der Waals surface area contributed by atoms with Crippen LogP contribution in [0.3, 0.4) is 0 Å². The van der Waals surface area contributed by atoms with Gasteiger partial charge in [-0.1, -0.05) is 13.0 Å². The first-order valence-electron chi connectivity index (χ1n) is 6.31. The van der Waals surface area contributed by atoms with Gasteiger partial charge in [-0.15, -0.1) is 0 Å². The third-order valence-electron chi connectivity index (χ3n) is 3.31. The van der Waals surface area contributed by atoms with Gasteiger partial charge in [-0.2, -0.15) is 5.26 Å². The molecule has 1 fully saturated rings. The van der Waals surface area contributed by atoms with E-state index in [0.717, 1.165) is 19.3 Å². The zero-order valence-corrected chi connectivity index (χ0v) is 10.4. The normalized spacial score (nSPS) is 23.4. The fourth-order valence-corrected chi connectivity index (χ4v) is 2.27. The van der Waals surface area contributed by atoms with Crippen LogP contribution in [0.25, 0.3) is 0 Å². The van der Waals surface area contributed by atoms with Crippen molar-refractivity contribution in [3.05, 3.63) is 29.6 Å². The SMILES string of the molecule is CCC1CC(Nc2cccc(F)c2C#N)CCO1. The first-order chi connectivity index (χ1) is 8.74. The third kappa shape index (κ3) is 2.80. The minimum atomic E-state index is -0.471. The molecule has 1 heterocycles. The van der Waals surface area contributed by atoms with Gasteiger partial charge < -0.3 is 10.1 Å². The lowest BCUT2D eigenvalue weighted by Crippen LogP contribution is -2.33. The molecule has 0 spiro atoms. The van der Waals surface area contributed by atoms with Crippen molar-refractivity contribution in [2.24, 2.45) is 0 Å². The van der Waals surface area contributed by atoms with Crippen LogP contribution in [-0.2, 0) is 4.74 Å². The van der Waals surface area contributed by atoms with Crippen molar-refractivity contribution in [2.75, 3.05) is 11.9 Å². The monoisotopic (exact) mass is 248 g/mol. The standard InChI is InChI=1S/C14H17FN2O/c1-2-11-8-10(6-7-18-11)17-14-5-3-4-13(15)12(14)9-16/h3-5,10-11,17H,2,6-8H2,1H3. The van der Waals surface area contributed by atoms with Crippen LogP contribution < -0.4 is 5.32 Å². The Morgan fingerprint density at radius 3 is 3.11 bits per heavy atom. The highest BCUT2D eigenvalue weighted by Gasteiger charge is 2.22. The molecule has 2 unspecified atom stereocenters. The van der Waals surface area contributed by atoms with Crippen LogP contribution in [-0.4, -0.2) is 18.8 Å². The molecule has 2 atom stereocenters. The second kappa shape index (κ2) is 5.83. The van der Waals surface area contributed by atoms with Crippen molar-refractivity contribution >= 4 is 5.69 Å². The number of nitrogens with zero attached hydrogens (tertiary/aromatic N) is 1. The first kappa shape index (κ1) is 12.8. The van der Waals surface area contributed by atoms with Crippen LogP contribution in [0.1, 0.15) is 31.7 Å². The van der Waals surface area contributed by atoms with Gasteiger partial charge in [0.1, 0.15) is 17.4 Å². The number of rotatable bonds is 3. The lowest BCUT2D eigenvalue weighted by atomic mass is 10.0. The highest BCUT2D eigenvalue weighted by molar-refractivity contribution is 5.58. The van der Waals surface area contributed by atoms with Crippen molar-refractivity contribution < 1.29 is 9.13 Å². The third-order valence-corrected chi connectivity index (χ3v) is 3.31. The molecule has 1 aliphatic heterocycles. The highest BCUT2D eigenvalue weighted by atomic mass is 19.1. The average Bonchev–Trinajstić information content (AvgIpc) is 2.39. The van der Waals surface area contributed by atoms with Crippen molar-refractivity contribution in [3.63, 3.8) is 0 Å². The molecule has 1 aromatic rings. The van der Waals surface area contributed by atoms with E-state index in [0.29, 0.717) is 12.3 Å². The maximum atomic E-state index is 13.5. The van der Waals surface area contributed by atoms with E-state index in [1.54, 1.807) is 12.1 Å². The minimum absolute atomic E-state index is 0.0945. The predicted octanol–water partition coefficient (Wildman–Crippen LogP) is 3.07. The minimum Gasteiger partial charge on any atom is -0.381 e. The average molecular weight is 248 g/mol. The molecule has 1 saturated heterocycles. The van der Waals surface area contributed by atoms with Gasteiger partial charge in [-0.05, 0) is 31.4 Å². The molecule has 18 heavy (non-hydrogen) atoms. The fraction of sp³-hybridized carbons (Fsp3) is 0.500. The van der Waals surface area contributed by atoms with Crippen LogP contribution in [0.2, 0.25) is 0 Å². The van der Waals surface area contributed by atoms with E-state index in [1.807, 2.05) is 6.07 Å². The molecule has 0 saturated carbocycles. The summed E-state index contributed by atoms with van der Waals surface area (Å²) >= 11 is 0. The number of halogens is 1. The molecule has 0 radical (unpaired) electrons. The Balaban J connectivity index is 2.10. The number of hydrogen-bond acceptors (Lipinski definition) is 3. The van der Waals surface area contributed by atoms with Gasteiger partial charge in [-0.3, -0.25) is 0 Å². The fourth-order valence-electron chi connectivity index (χ4n) is 2.27. The van der Waals surface area contributed by atoms with Crippen LogP contribution in [0.4, 0.5) is 10.1 Å². The lowest BCUT2D eigenvalue weighted by molar-refractivity contribution is 0.00925. The summed E-state index contributed by atoms with van der Waals surface area (Å²) in [5.74, 6) is -0.471. The molecule has 0 aliphatic carbocycles. The Kier molecular flexibility index (Phi) is 4.16. The van der Waals surface area contributed by atoms with Gasteiger partial charge in [-0.25, -0.2) is 4.39 Å². The van der Waals surface area contributed by atoms with Crippen LogP contribution >= 0.6 is 0 Å². The molecule has 0 aromatic heterocycles. The zero-order valence-electron chi connectivity index (χ0n) is 10.4. The second-order valence-electron chi connectivity index (χ2n) is 4.54. The molecule has 2 rings (SSSR count). The molecule has 4 heteroatoms. The smallest absolute Gasteiger partial charge is 0.143 e. The second-order valence-corrected chi connectivity index (χ2v) is 4.54. The molecular weight excluding hydrogens is 231 g/mol. The Morgan fingerprint density at radius 2 is 2.39 bits per heavy atom. The predicted molar refractivity (Wildman–Crippen MR) is 67.8 cm³/mol. The van der Waals surface area contributed by atoms with Gasteiger partial charge >= 0.3 is 0 Å². The van der Waals surface area contributed by atoms with Gasteiger partial charge in [0.15, 0.2) is 0 Å². The number of benzene rings is 1. The molecule has 1 N–H and O–H groups in total. The maximum Gasteiger partial charge on any atom is 0.143 e. The van der Waals surface area contributed by atoms with E-state index >= 15 is 0 Å². The summed E-state index contributed by atoms with van der Waals surface area (Å²) in [6, 6.07) is 6.83. The summed E-state index contributed by atoms with van der Waals surface area (Å²) in [6.45, 7) is 2.81. The number of hydrogen-bond donors (Lipinski definition) is 1. The van der Waals surface area contributed by atoms with E-state index in [1.165, 1.54) is 6.07 Å². The highest BCUT2D eigenvalue weighted by Crippen LogP contribution is 2.23. The maximum absolute atomic E-state index is 13.5. The summed E-state index contributed by atoms with van der Waals surface area (Å²) in [4.78, 5) is 0. The van der Waals surface area contributed by atoms with E-state index in [2.05, 4.69) is 12.2 Å². The van der Waals surface area contributed by atoms with E-state index in [9.17, 15) is 4.39 Å². The Hall–Kier alpha value is -1.60. The first-order valence-corrected chi connectivity index (χ1v) is 6.31. The molecule has 1 aliphatic rings. The van der Waals surface area contributed by atoms with E-state index in [-0.39, 0.29) is 17.7 Å². The van der Waals surface area contributed by atoms with E-state index < -0.39 is 5.82 Å². The Morgan fingerprint density at radius 1 is 1.56 bits per heavy atom. The Bertz CT molecular complexity index is 456. The molecular formula is C14H17FN2O. The molecule has 96 valence electrons. The van der Waals surface area contributed by atoms with Crippen molar-refractivity contribution in [2.45, 2.75) is 38.3 Å². The van der Waals surface area contributed by atoms with Gasteiger partial charge in [0, 0.05) is 12.6 Å². The molecule has 0 bridgehead atoms. The van der Waals surface area contributed by atoms with Crippen LogP contribution in [0.5, 0.6) is 0 Å². The molecule has 0 amide bonds.